The van der Waals surface area contributed by atoms with Gasteiger partial charge in [0, 0.05) is 0 Å². The first-order valence-corrected chi connectivity index (χ1v) is 10.8. The number of nitro groups is 1. The van der Waals surface area contributed by atoms with Gasteiger partial charge in [-0.05, 0) is 0 Å². The number of benzene rings is 2. The van der Waals surface area contributed by atoms with E-state index in [2.05, 4.69) is 5.32 Å². The van der Waals surface area contributed by atoms with Gasteiger partial charge in [-0.25, -0.2) is 0 Å². The molecule has 0 aromatic heterocycles. The van der Waals surface area contributed by atoms with Crippen molar-refractivity contribution >= 4 is 47.4 Å². The van der Waals surface area contributed by atoms with Crippen LogP contribution < -0.4 is 9.67 Å². The molecule has 0 fully saturated rings. The molecule has 0 atom stereocenters. The zero-order valence-electron chi connectivity index (χ0n) is 13.6. The molecule has 2 rings (SSSR count). The zero-order chi connectivity index (χ0) is 19.8. The minimum atomic E-state index is -5.68. The number of nitrogens with zero attached hydrogens (tertiary/aromatic N) is 1. The Morgan fingerprint density at radius 3 is 2.35 bits per heavy atom. The fourth-order valence-corrected chi connectivity index (χ4v) is 4.71. The van der Waals surface area contributed by atoms with Crippen molar-refractivity contribution in [2.45, 2.75) is 13.8 Å². The molecule has 4 N–H and O–H groups in total. The second-order valence-corrected chi connectivity index (χ2v) is 9.09. The van der Waals surface area contributed by atoms with Gasteiger partial charge in [0.05, 0.1) is 0 Å². The molecule has 138 valence electrons. The SMILES string of the molecule is CC(=O)Nc1c(O)c(C)cc(-c2ccc([N+](=O)[O-])cc2Cl)c1[As](=O)(O)O. The van der Waals surface area contributed by atoms with Crippen LogP contribution in [0.4, 0.5) is 11.4 Å². The van der Waals surface area contributed by atoms with E-state index in [1.54, 1.807) is 0 Å². The van der Waals surface area contributed by atoms with E-state index in [0.29, 0.717) is 0 Å². The first-order valence-electron chi connectivity index (χ1n) is 7.08. The van der Waals surface area contributed by atoms with Crippen molar-refractivity contribution in [2.24, 2.45) is 0 Å². The summed E-state index contributed by atoms with van der Waals surface area (Å²) in [4.78, 5) is 21.6. The van der Waals surface area contributed by atoms with Gasteiger partial charge in [0.1, 0.15) is 0 Å². The average Bonchev–Trinajstić information content (AvgIpc) is 2.49. The van der Waals surface area contributed by atoms with Gasteiger partial charge in [-0.3, -0.25) is 0 Å². The molecule has 0 saturated heterocycles. The summed E-state index contributed by atoms with van der Waals surface area (Å²) in [6, 6.07) is 4.73. The number of phenolic OH excluding ortho intramolecular Hbond substituents is 1. The number of non-ortho nitro benzene ring substituents is 1. The van der Waals surface area contributed by atoms with Gasteiger partial charge in [0.2, 0.25) is 0 Å². The van der Waals surface area contributed by atoms with Gasteiger partial charge in [-0.1, -0.05) is 0 Å². The number of halogens is 1. The predicted octanol–water partition coefficient (Wildman–Crippen LogP) is 1.45. The van der Waals surface area contributed by atoms with E-state index in [1.807, 2.05) is 0 Å². The third-order valence-electron chi connectivity index (χ3n) is 3.51. The average molecular weight is 445 g/mol. The molecule has 0 spiro atoms. The summed E-state index contributed by atoms with van der Waals surface area (Å²) >= 11 is 0.395. The number of aromatic hydroxyl groups is 1. The number of hydrogen-bond donors (Lipinski definition) is 4. The molecule has 0 aliphatic carbocycles. The Morgan fingerprint density at radius 2 is 1.88 bits per heavy atom. The molecule has 0 saturated carbocycles. The van der Waals surface area contributed by atoms with Crippen LogP contribution in [-0.2, 0) is 8.53 Å². The number of nitro benzene ring substituents is 1. The number of phenols is 1. The van der Waals surface area contributed by atoms with Crippen molar-refractivity contribution in [3.8, 4) is 16.9 Å². The topological polar surface area (TPSA) is 150 Å². The first-order chi connectivity index (χ1) is 11.9. The molecular formula is C15H14AsClN2O7. The summed E-state index contributed by atoms with van der Waals surface area (Å²) in [6.07, 6.45) is 0. The van der Waals surface area contributed by atoms with E-state index >= 15 is 0 Å². The van der Waals surface area contributed by atoms with E-state index in [-0.39, 0.29) is 27.4 Å². The molecule has 1 amide bonds. The zero-order valence-corrected chi connectivity index (χ0v) is 16.2. The van der Waals surface area contributed by atoms with Crippen molar-refractivity contribution in [1.82, 2.24) is 0 Å². The van der Waals surface area contributed by atoms with Crippen LogP contribution in [0.25, 0.3) is 11.1 Å². The van der Waals surface area contributed by atoms with Gasteiger partial charge < -0.3 is 0 Å². The predicted molar refractivity (Wildman–Crippen MR) is 94.8 cm³/mol. The number of amides is 1. The molecule has 11 heteroatoms. The van der Waals surface area contributed by atoms with E-state index in [0.717, 1.165) is 19.1 Å². The first kappa shape index (κ1) is 20.0. The second-order valence-electron chi connectivity index (χ2n) is 5.46. The monoisotopic (exact) mass is 444 g/mol. The van der Waals surface area contributed by atoms with Crippen molar-refractivity contribution in [3.63, 3.8) is 0 Å². The normalized spacial score (nSPS) is 11.3. The maximum absolute atomic E-state index is 12.1. The quantitative estimate of drug-likeness (QED) is 0.241. The molecule has 0 heterocycles. The van der Waals surface area contributed by atoms with Crippen LogP contribution in [0.2, 0.25) is 5.02 Å². The van der Waals surface area contributed by atoms with Gasteiger partial charge in [-0.2, -0.15) is 0 Å². The van der Waals surface area contributed by atoms with Gasteiger partial charge >= 0.3 is 155 Å². The second kappa shape index (κ2) is 7.12. The molecular weight excluding hydrogens is 431 g/mol. The van der Waals surface area contributed by atoms with E-state index < -0.39 is 40.8 Å². The number of rotatable bonds is 4. The molecule has 0 aliphatic rings. The molecule has 9 nitrogen and oxygen atoms in total. The standard InChI is InChI=1S/C15H14AsClN2O7/c1-7-5-11(10-4-3-9(19(25)26)6-12(10)17)13(16(22,23)24)14(15(7)21)18-8(2)20/h3-6,21H,1-2H3,(H,18,20)(H2,22,23,24). The van der Waals surface area contributed by atoms with Gasteiger partial charge in [-0.15, -0.1) is 0 Å². The molecule has 0 aliphatic heterocycles. The molecule has 2 aromatic carbocycles. The number of aryl methyl sites for hydroxylation is 1. The summed E-state index contributed by atoms with van der Waals surface area (Å²) in [5.74, 6) is -1.13. The van der Waals surface area contributed by atoms with E-state index in [9.17, 15) is 31.9 Å². The Bertz CT molecular complexity index is 971. The third-order valence-corrected chi connectivity index (χ3v) is 6.02. The molecule has 26 heavy (non-hydrogen) atoms. The maximum atomic E-state index is 12.1. The van der Waals surface area contributed by atoms with Crippen LogP contribution in [0.15, 0.2) is 24.3 Å². The number of carbonyl (C=O) groups excluding carboxylic acids is 1. The van der Waals surface area contributed by atoms with Crippen LogP contribution in [0.3, 0.4) is 0 Å². The van der Waals surface area contributed by atoms with Crippen molar-refractivity contribution in [1.29, 1.82) is 0 Å². The Morgan fingerprint density at radius 1 is 1.27 bits per heavy atom. The van der Waals surface area contributed by atoms with Gasteiger partial charge in [0.15, 0.2) is 0 Å². The van der Waals surface area contributed by atoms with Crippen molar-refractivity contribution < 1.29 is 26.8 Å². The number of hydrogen-bond acceptors (Lipinski definition) is 5. The van der Waals surface area contributed by atoms with Crippen LogP contribution in [-0.4, -0.2) is 38.3 Å². The summed E-state index contributed by atoms with van der Waals surface area (Å²) in [7, 11) is 0. The summed E-state index contributed by atoms with van der Waals surface area (Å²) < 4.78 is 31.2. The van der Waals surface area contributed by atoms with Crippen LogP contribution in [0.1, 0.15) is 12.5 Å². The fraction of sp³-hybridized carbons (Fsp3) is 0.133. The minimum absolute atomic E-state index is 0.0311. The summed E-state index contributed by atoms with van der Waals surface area (Å²) in [5, 5.41) is 23.1. The summed E-state index contributed by atoms with van der Waals surface area (Å²) in [5.41, 5.74) is -0.386. The Kier molecular flexibility index (Phi) is 5.48. The molecule has 2 aromatic rings. The Labute approximate surface area is 155 Å². The molecule has 0 unspecified atom stereocenters. The van der Waals surface area contributed by atoms with Crippen LogP contribution in [0.5, 0.6) is 5.75 Å². The van der Waals surface area contributed by atoms with Crippen molar-refractivity contribution in [3.05, 3.63) is 45.0 Å². The molecule has 0 bridgehead atoms. The third kappa shape index (κ3) is 3.91. The summed E-state index contributed by atoms with van der Waals surface area (Å²) in [6.45, 7) is 2.59. The van der Waals surface area contributed by atoms with Crippen LogP contribution >= 0.6 is 11.6 Å². The van der Waals surface area contributed by atoms with Crippen molar-refractivity contribution in [2.75, 3.05) is 5.32 Å². The van der Waals surface area contributed by atoms with Crippen LogP contribution in [0, 0.1) is 17.0 Å². The number of carbonyl (C=O) groups is 1. The number of anilines is 1. The van der Waals surface area contributed by atoms with E-state index in [1.165, 1.54) is 19.1 Å². The van der Waals surface area contributed by atoms with Gasteiger partial charge in [0.25, 0.3) is 0 Å². The fourth-order valence-electron chi connectivity index (χ4n) is 2.44. The molecule has 0 radical (unpaired) electrons. The Balaban J connectivity index is 2.89. The Hall–Kier alpha value is -2.32. The number of nitrogens with one attached hydrogen (secondary N) is 1. The van der Waals surface area contributed by atoms with E-state index in [4.69, 9.17) is 11.6 Å².